The topological polar surface area (TPSA) is 166 Å². The van der Waals surface area contributed by atoms with Crippen molar-refractivity contribution in [3.63, 3.8) is 0 Å². The number of unbranched alkanes of at least 4 members (excludes halogenated alkanes) is 6. The van der Waals surface area contributed by atoms with Gasteiger partial charge in [0.15, 0.2) is 11.6 Å². The Morgan fingerprint density at radius 2 is 0.703 bits per heavy atom. The third kappa shape index (κ3) is 11.4. The quantitative estimate of drug-likeness (QED) is 0.0322. The lowest BCUT2D eigenvalue weighted by Gasteiger charge is -2.12. The maximum atomic E-state index is 12.9. The number of carbonyl (C=O) groups excluding carboxylic acids is 2. The molecule has 2 aromatic heterocycles. The van der Waals surface area contributed by atoms with Gasteiger partial charge < -0.3 is 27.8 Å². The van der Waals surface area contributed by atoms with Gasteiger partial charge in [-0.05, 0) is 98.9 Å². The Kier molecular flexibility index (Phi) is 15.3. The highest BCUT2D eigenvalue weighted by atomic mass is 16.5. The van der Waals surface area contributed by atoms with Gasteiger partial charge in [-0.25, -0.2) is 19.2 Å². The van der Waals surface area contributed by atoms with Crippen molar-refractivity contribution in [2.45, 2.75) is 51.4 Å². The van der Waals surface area contributed by atoms with E-state index in [1.54, 1.807) is 48.6 Å². The van der Waals surface area contributed by atoms with Crippen molar-refractivity contribution < 1.29 is 37.4 Å². The van der Waals surface area contributed by atoms with Gasteiger partial charge in [-0.1, -0.05) is 97.1 Å². The molecular weight excluding hydrogens is 817 g/mol. The molecule has 0 radical (unpaired) electrons. The standard InChI is InChI=1S/C52H46O12/c53-41(37-15-7-5-8-16-37)29-23-35-19-25-39(26-20-35)59-31-11-1-3-13-33-61-47-43-45(51(57)63-49(43)55)48(46-44(47)50(56)64-52(46)58)62-34-14-4-2-12-32-60-40-27-21-36(22-28-40)24-30-42(54)38-17-9-6-10-18-38/h5-10,15-30H,1-4,11-14,31-34H2. The Hall–Kier alpha value is -7.60. The first-order valence-electron chi connectivity index (χ1n) is 21.3. The molecule has 5 aromatic carbocycles. The van der Waals surface area contributed by atoms with E-state index in [1.165, 1.54) is 0 Å². The lowest BCUT2D eigenvalue weighted by molar-refractivity contribution is 0.103. The lowest BCUT2D eigenvalue weighted by Crippen LogP contribution is -2.08. The second-order valence-corrected chi connectivity index (χ2v) is 15.0. The molecule has 0 aliphatic heterocycles. The van der Waals surface area contributed by atoms with E-state index >= 15 is 0 Å². The number of fused-ring (bicyclic) bond motifs is 2. The average molecular weight is 863 g/mol. The van der Waals surface area contributed by atoms with Crippen LogP contribution < -0.4 is 41.4 Å². The zero-order valence-electron chi connectivity index (χ0n) is 35.1. The second kappa shape index (κ2) is 22.0. The first kappa shape index (κ1) is 44.5. The minimum atomic E-state index is -0.999. The summed E-state index contributed by atoms with van der Waals surface area (Å²) in [6.45, 7) is 1.15. The van der Waals surface area contributed by atoms with Crippen molar-refractivity contribution in [3.8, 4) is 23.0 Å². The minimum Gasteiger partial charge on any atom is -0.494 e. The number of carbonyl (C=O) groups is 2. The van der Waals surface area contributed by atoms with Crippen LogP contribution in [0.4, 0.5) is 0 Å². The number of ether oxygens (including phenoxy) is 4. The molecule has 0 aliphatic carbocycles. The predicted octanol–water partition coefficient (Wildman–Crippen LogP) is 9.32. The summed E-state index contributed by atoms with van der Waals surface area (Å²) in [4.78, 5) is 76.3. The summed E-state index contributed by atoms with van der Waals surface area (Å²) < 4.78 is 33.4. The van der Waals surface area contributed by atoms with Gasteiger partial charge in [0.25, 0.3) is 0 Å². The fourth-order valence-corrected chi connectivity index (χ4v) is 7.08. The molecule has 0 saturated heterocycles. The van der Waals surface area contributed by atoms with Crippen molar-refractivity contribution in [2.75, 3.05) is 26.4 Å². The molecule has 12 nitrogen and oxygen atoms in total. The molecule has 0 unspecified atom stereocenters. The Bertz CT molecular complexity index is 2660. The number of hydrogen-bond donors (Lipinski definition) is 0. The van der Waals surface area contributed by atoms with E-state index in [0.29, 0.717) is 48.7 Å². The minimum absolute atomic E-state index is 0.0694. The summed E-state index contributed by atoms with van der Waals surface area (Å²) in [5.41, 5.74) is -0.991. The van der Waals surface area contributed by atoms with Gasteiger partial charge in [0.05, 0.1) is 26.4 Å². The van der Waals surface area contributed by atoms with Crippen molar-refractivity contribution in [1.82, 2.24) is 0 Å². The van der Waals surface area contributed by atoms with Gasteiger partial charge in [-0.3, -0.25) is 9.59 Å². The molecule has 326 valence electrons. The van der Waals surface area contributed by atoms with Gasteiger partial charge in [-0.2, -0.15) is 0 Å². The summed E-state index contributed by atoms with van der Waals surface area (Å²) in [6, 6.07) is 33.0. The lowest BCUT2D eigenvalue weighted by atomic mass is 10.1. The summed E-state index contributed by atoms with van der Waals surface area (Å²) in [5, 5.41) is -1.04. The molecular formula is C52H46O12. The van der Waals surface area contributed by atoms with Crippen LogP contribution in [0.3, 0.4) is 0 Å². The van der Waals surface area contributed by atoms with Crippen LogP contribution in [0.5, 0.6) is 23.0 Å². The molecule has 0 aliphatic rings. The molecule has 0 fully saturated rings. The molecule has 0 spiro atoms. The molecule has 0 amide bonds. The SMILES string of the molecule is O=C(C=Cc1ccc(OCCCCCCOc2c3c(=O)oc(=O)c3c(OCCCCCCOc3ccc(C=CC(=O)c4ccccc4)cc3)c3c(=O)oc(=O)c23)cc1)c1ccccc1. The van der Waals surface area contributed by atoms with Gasteiger partial charge >= 0.3 is 22.5 Å². The van der Waals surface area contributed by atoms with E-state index in [9.17, 15) is 28.8 Å². The van der Waals surface area contributed by atoms with Gasteiger partial charge in [-0.15, -0.1) is 0 Å². The second-order valence-electron chi connectivity index (χ2n) is 15.0. The van der Waals surface area contributed by atoms with Crippen molar-refractivity contribution in [1.29, 1.82) is 0 Å². The summed E-state index contributed by atoms with van der Waals surface area (Å²) in [6.07, 6.45) is 12.3. The highest BCUT2D eigenvalue weighted by Gasteiger charge is 2.30. The van der Waals surface area contributed by atoms with E-state index in [1.807, 2.05) is 84.9 Å². The molecule has 0 saturated carbocycles. The molecule has 0 atom stereocenters. The maximum absolute atomic E-state index is 12.9. The number of rotatable bonds is 24. The summed E-state index contributed by atoms with van der Waals surface area (Å²) in [5.74, 6) is 0.829. The molecule has 12 heteroatoms. The fourth-order valence-electron chi connectivity index (χ4n) is 7.08. The smallest absolute Gasteiger partial charge is 0.350 e. The van der Waals surface area contributed by atoms with Crippen molar-refractivity contribution in [3.05, 3.63) is 185 Å². The van der Waals surface area contributed by atoms with Crippen LogP contribution in [-0.2, 0) is 0 Å². The third-order valence-electron chi connectivity index (χ3n) is 10.4. The van der Waals surface area contributed by atoms with Crippen LogP contribution >= 0.6 is 0 Å². The molecule has 2 heterocycles. The highest BCUT2D eigenvalue weighted by Crippen LogP contribution is 2.38. The van der Waals surface area contributed by atoms with Gasteiger partial charge in [0.2, 0.25) is 0 Å². The van der Waals surface area contributed by atoms with Crippen LogP contribution in [0.15, 0.2) is 149 Å². The zero-order valence-corrected chi connectivity index (χ0v) is 35.1. The molecule has 64 heavy (non-hydrogen) atoms. The monoisotopic (exact) mass is 862 g/mol. The van der Waals surface area contributed by atoms with E-state index in [0.717, 1.165) is 49.7 Å². The largest absolute Gasteiger partial charge is 0.494 e. The Morgan fingerprint density at radius 3 is 1.03 bits per heavy atom. The summed E-state index contributed by atoms with van der Waals surface area (Å²) in [7, 11) is 0. The van der Waals surface area contributed by atoms with Crippen LogP contribution in [0.25, 0.3) is 33.7 Å². The first-order chi connectivity index (χ1) is 31.3. The Balaban J connectivity index is 0.837. The number of benzene rings is 5. The Morgan fingerprint density at radius 1 is 0.391 bits per heavy atom. The predicted molar refractivity (Wildman–Crippen MR) is 245 cm³/mol. The number of hydrogen-bond acceptors (Lipinski definition) is 12. The van der Waals surface area contributed by atoms with E-state index in [4.69, 9.17) is 27.8 Å². The van der Waals surface area contributed by atoms with Crippen molar-refractivity contribution >= 4 is 45.3 Å². The highest BCUT2D eigenvalue weighted by molar-refractivity contribution is 6.10. The number of ketones is 2. The molecule has 0 N–H and O–H groups in total. The summed E-state index contributed by atoms with van der Waals surface area (Å²) >= 11 is 0. The molecule has 7 rings (SSSR count). The van der Waals surface area contributed by atoms with Crippen molar-refractivity contribution in [2.24, 2.45) is 0 Å². The maximum Gasteiger partial charge on any atom is 0.350 e. The van der Waals surface area contributed by atoms with Crippen LogP contribution in [0, 0.1) is 0 Å². The first-order valence-corrected chi connectivity index (χ1v) is 21.3. The van der Waals surface area contributed by atoms with Gasteiger partial charge in [0.1, 0.15) is 44.5 Å². The van der Waals surface area contributed by atoms with E-state index in [2.05, 4.69) is 0 Å². The third-order valence-corrected chi connectivity index (χ3v) is 10.4. The number of allylic oxidation sites excluding steroid dienone is 2. The van der Waals surface area contributed by atoms with E-state index < -0.39 is 22.5 Å². The van der Waals surface area contributed by atoms with E-state index in [-0.39, 0.29) is 57.8 Å². The number of furan rings is 2. The van der Waals surface area contributed by atoms with Gasteiger partial charge in [0, 0.05) is 11.1 Å². The normalized spacial score (nSPS) is 11.5. The average Bonchev–Trinajstić information content (AvgIpc) is 3.80. The van der Waals surface area contributed by atoms with Crippen LogP contribution in [-0.4, -0.2) is 38.0 Å². The zero-order chi connectivity index (χ0) is 44.7. The molecule has 7 aromatic rings. The van der Waals surface area contributed by atoms with Crippen LogP contribution in [0.2, 0.25) is 0 Å². The Labute approximate surface area is 367 Å². The molecule has 0 bridgehead atoms. The van der Waals surface area contributed by atoms with Crippen LogP contribution in [0.1, 0.15) is 83.2 Å². The fraction of sp³-hybridized carbons (Fsp3) is 0.231.